The number of carbonyl (C=O) groups excluding carboxylic acids is 1. The van der Waals surface area contributed by atoms with Gasteiger partial charge in [0.1, 0.15) is 0 Å². The number of carbonyl (C=O) groups is 1. The zero-order valence-corrected chi connectivity index (χ0v) is 18.2. The van der Waals surface area contributed by atoms with Crippen LogP contribution in [0.2, 0.25) is 0 Å². The summed E-state index contributed by atoms with van der Waals surface area (Å²) in [5, 5.41) is 0. The molecule has 3 aromatic carbocycles. The zero-order chi connectivity index (χ0) is 21.8. The number of nitrogens with zero attached hydrogens (tertiary/aromatic N) is 2. The van der Waals surface area contributed by atoms with Gasteiger partial charge in [-0.3, -0.25) is 15.1 Å². The zero-order valence-electron chi connectivity index (χ0n) is 18.2. The average Bonchev–Trinajstić information content (AvgIpc) is 3.36. The molecule has 164 valence electrons. The molecule has 2 fully saturated rings. The average molecular weight is 427 g/mol. The van der Waals surface area contributed by atoms with E-state index >= 15 is 0 Å². The largest absolute Gasteiger partial charge is 0.340 e. The van der Waals surface area contributed by atoms with Crippen LogP contribution in [0.25, 0.3) is 0 Å². The molecule has 0 saturated carbocycles. The number of nitrogens with one attached hydrogen (secondary N) is 2. The molecule has 2 unspecified atom stereocenters. The standard InChI is InChI=1S/C27H30N4O/c32-27(24-20-28-29-25(24)21-10-4-1-5-11-21)31-18-16-30(17-19-31)26(22-12-6-2-7-13-22)23-14-8-3-9-15-23/h1-15,24-26,28-29H,16-20H2. The van der Waals surface area contributed by atoms with Gasteiger partial charge in [-0.05, 0) is 16.7 Å². The van der Waals surface area contributed by atoms with Crippen LogP contribution in [0, 0.1) is 5.92 Å². The van der Waals surface area contributed by atoms with Gasteiger partial charge in [0, 0.05) is 32.7 Å². The highest BCUT2D eigenvalue weighted by Crippen LogP contribution is 2.31. The van der Waals surface area contributed by atoms with E-state index in [9.17, 15) is 4.79 Å². The van der Waals surface area contributed by atoms with Crippen molar-refractivity contribution in [1.82, 2.24) is 20.7 Å². The maximum absolute atomic E-state index is 13.4. The van der Waals surface area contributed by atoms with Crippen molar-refractivity contribution in [2.75, 3.05) is 32.7 Å². The minimum atomic E-state index is -0.0806. The van der Waals surface area contributed by atoms with E-state index in [-0.39, 0.29) is 23.9 Å². The summed E-state index contributed by atoms with van der Waals surface area (Å²) in [5.41, 5.74) is 10.3. The fourth-order valence-electron chi connectivity index (χ4n) is 5.02. The topological polar surface area (TPSA) is 47.6 Å². The maximum Gasteiger partial charge on any atom is 0.229 e. The Kier molecular flexibility index (Phi) is 6.30. The second-order valence-electron chi connectivity index (χ2n) is 8.61. The number of hydrogen-bond acceptors (Lipinski definition) is 4. The maximum atomic E-state index is 13.4. The summed E-state index contributed by atoms with van der Waals surface area (Å²) in [4.78, 5) is 18.0. The van der Waals surface area contributed by atoms with E-state index < -0.39 is 0 Å². The molecule has 5 heteroatoms. The van der Waals surface area contributed by atoms with E-state index in [1.165, 1.54) is 11.1 Å². The summed E-state index contributed by atoms with van der Waals surface area (Å²) in [6.45, 7) is 3.91. The van der Waals surface area contributed by atoms with Gasteiger partial charge in [-0.15, -0.1) is 0 Å². The van der Waals surface area contributed by atoms with E-state index in [1.54, 1.807) is 0 Å². The lowest BCUT2D eigenvalue weighted by atomic mass is 9.93. The van der Waals surface area contributed by atoms with Crippen LogP contribution in [0.4, 0.5) is 0 Å². The van der Waals surface area contributed by atoms with E-state index in [0.29, 0.717) is 6.54 Å². The van der Waals surface area contributed by atoms with Gasteiger partial charge in [0.05, 0.1) is 18.0 Å². The molecule has 5 nitrogen and oxygen atoms in total. The van der Waals surface area contributed by atoms with Crippen LogP contribution in [0.3, 0.4) is 0 Å². The molecule has 2 aliphatic heterocycles. The van der Waals surface area contributed by atoms with E-state index in [2.05, 4.69) is 93.4 Å². The van der Waals surface area contributed by atoms with Gasteiger partial charge >= 0.3 is 0 Å². The summed E-state index contributed by atoms with van der Waals surface area (Å²) in [5.74, 6) is 0.162. The van der Waals surface area contributed by atoms with Crippen LogP contribution in [0.5, 0.6) is 0 Å². The predicted molar refractivity (Wildman–Crippen MR) is 127 cm³/mol. The van der Waals surface area contributed by atoms with Crippen molar-refractivity contribution in [2.45, 2.75) is 12.1 Å². The number of hydrazine groups is 1. The fourth-order valence-corrected chi connectivity index (χ4v) is 5.02. The number of benzene rings is 3. The molecule has 2 atom stereocenters. The summed E-state index contributed by atoms with van der Waals surface area (Å²) in [7, 11) is 0. The van der Waals surface area contributed by atoms with Crippen LogP contribution in [0.15, 0.2) is 91.0 Å². The molecule has 2 saturated heterocycles. The highest BCUT2D eigenvalue weighted by atomic mass is 16.2. The molecule has 0 spiro atoms. The van der Waals surface area contributed by atoms with Crippen LogP contribution in [-0.4, -0.2) is 48.4 Å². The molecule has 2 aliphatic rings. The lowest BCUT2D eigenvalue weighted by Crippen LogP contribution is -2.52. The van der Waals surface area contributed by atoms with Crippen molar-refractivity contribution in [3.8, 4) is 0 Å². The Morgan fingerprint density at radius 1 is 0.750 bits per heavy atom. The Morgan fingerprint density at radius 3 is 1.84 bits per heavy atom. The Bertz CT molecular complexity index is 964. The molecule has 32 heavy (non-hydrogen) atoms. The third-order valence-corrected chi connectivity index (χ3v) is 6.68. The number of piperazine rings is 1. The highest BCUT2D eigenvalue weighted by Gasteiger charge is 2.38. The van der Waals surface area contributed by atoms with E-state index in [1.807, 2.05) is 18.2 Å². The number of rotatable bonds is 5. The molecule has 2 N–H and O–H groups in total. The third-order valence-electron chi connectivity index (χ3n) is 6.68. The summed E-state index contributed by atoms with van der Waals surface area (Å²) in [6, 6.07) is 31.8. The van der Waals surface area contributed by atoms with Crippen LogP contribution in [-0.2, 0) is 4.79 Å². The number of hydrogen-bond donors (Lipinski definition) is 2. The van der Waals surface area contributed by atoms with Gasteiger partial charge in [0.15, 0.2) is 0 Å². The van der Waals surface area contributed by atoms with Crippen LogP contribution >= 0.6 is 0 Å². The van der Waals surface area contributed by atoms with E-state index in [4.69, 9.17) is 0 Å². The van der Waals surface area contributed by atoms with Crippen LogP contribution < -0.4 is 10.9 Å². The molecule has 5 rings (SSSR count). The third kappa shape index (κ3) is 4.32. The predicted octanol–water partition coefficient (Wildman–Crippen LogP) is 3.39. The Morgan fingerprint density at radius 2 is 1.28 bits per heavy atom. The first kappa shape index (κ1) is 20.9. The van der Waals surface area contributed by atoms with Crippen molar-refractivity contribution in [1.29, 1.82) is 0 Å². The molecule has 0 aliphatic carbocycles. The first-order chi connectivity index (χ1) is 15.8. The van der Waals surface area contributed by atoms with Gasteiger partial charge in [-0.25, -0.2) is 5.43 Å². The van der Waals surface area contributed by atoms with Gasteiger partial charge in [0.25, 0.3) is 0 Å². The Balaban J connectivity index is 1.29. The fraction of sp³-hybridized carbons (Fsp3) is 0.296. The first-order valence-electron chi connectivity index (χ1n) is 11.5. The second kappa shape index (κ2) is 9.65. The molecule has 0 aromatic heterocycles. The van der Waals surface area contributed by atoms with Crippen molar-refractivity contribution in [3.63, 3.8) is 0 Å². The van der Waals surface area contributed by atoms with Gasteiger partial charge in [0.2, 0.25) is 5.91 Å². The highest BCUT2D eigenvalue weighted by molar-refractivity contribution is 5.80. The monoisotopic (exact) mass is 426 g/mol. The molecule has 2 heterocycles. The number of amides is 1. The summed E-state index contributed by atoms with van der Waals surface area (Å²) >= 11 is 0. The molecule has 0 bridgehead atoms. The Hall–Kier alpha value is -2.99. The van der Waals surface area contributed by atoms with Crippen molar-refractivity contribution in [2.24, 2.45) is 5.92 Å². The minimum Gasteiger partial charge on any atom is -0.340 e. The quantitative estimate of drug-likeness (QED) is 0.657. The molecular formula is C27H30N4O. The van der Waals surface area contributed by atoms with Gasteiger partial charge in [-0.1, -0.05) is 91.0 Å². The lowest BCUT2D eigenvalue weighted by molar-refractivity contribution is -0.137. The lowest BCUT2D eigenvalue weighted by Gasteiger charge is -2.40. The molecular weight excluding hydrogens is 396 g/mol. The van der Waals surface area contributed by atoms with Gasteiger partial charge in [-0.2, -0.15) is 0 Å². The summed E-state index contributed by atoms with van der Waals surface area (Å²) in [6.07, 6.45) is 0. The van der Waals surface area contributed by atoms with Crippen LogP contribution in [0.1, 0.15) is 28.8 Å². The first-order valence-corrected chi connectivity index (χ1v) is 11.5. The van der Waals surface area contributed by atoms with Crippen molar-refractivity contribution >= 4 is 5.91 Å². The smallest absolute Gasteiger partial charge is 0.229 e. The molecule has 1 amide bonds. The second-order valence-corrected chi connectivity index (χ2v) is 8.61. The normalized spacial score (nSPS) is 21.7. The SMILES string of the molecule is O=C(C1CNNC1c1ccccc1)N1CCN(C(c2ccccc2)c2ccccc2)CC1. The van der Waals surface area contributed by atoms with Crippen molar-refractivity contribution < 1.29 is 4.79 Å². The Labute approximate surface area is 190 Å². The van der Waals surface area contributed by atoms with Crippen molar-refractivity contribution in [3.05, 3.63) is 108 Å². The minimum absolute atomic E-state index is 0.0168. The summed E-state index contributed by atoms with van der Waals surface area (Å²) < 4.78 is 0. The molecule has 0 radical (unpaired) electrons. The van der Waals surface area contributed by atoms with E-state index in [0.717, 1.165) is 31.7 Å². The molecule has 3 aromatic rings. The van der Waals surface area contributed by atoms with Gasteiger partial charge < -0.3 is 4.90 Å².